The van der Waals surface area contributed by atoms with Crippen LogP contribution in [0.2, 0.25) is 0 Å². The van der Waals surface area contributed by atoms with Gasteiger partial charge in [0.25, 0.3) is 5.91 Å². The molecular weight excluding hydrogens is 324 g/mol. The minimum Gasteiger partial charge on any atom is -0.390 e. The molecule has 4 rings (SSSR count). The van der Waals surface area contributed by atoms with Gasteiger partial charge < -0.3 is 14.5 Å². The number of aliphatic hydroxyl groups excluding tert-OH is 1. The van der Waals surface area contributed by atoms with Crippen LogP contribution in [-0.2, 0) is 6.54 Å². The van der Waals surface area contributed by atoms with Gasteiger partial charge in [-0.1, -0.05) is 5.16 Å². The zero-order valence-electron chi connectivity index (χ0n) is 13.5. The molecule has 1 N–H and O–H groups in total. The van der Waals surface area contributed by atoms with Crippen molar-refractivity contribution in [2.45, 2.75) is 12.6 Å². The van der Waals surface area contributed by atoms with Crippen LogP contribution in [0.5, 0.6) is 0 Å². The molecule has 9 heteroatoms. The van der Waals surface area contributed by atoms with Crippen molar-refractivity contribution in [2.75, 3.05) is 26.2 Å². The van der Waals surface area contributed by atoms with E-state index in [-0.39, 0.29) is 18.1 Å². The predicted octanol–water partition coefficient (Wildman–Crippen LogP) is 0.0362. The number of amides is 1. The van der Waals surface area contributed by atoms with Gasteiger partial charge in [-0.15, -0.1) is 0 Å². The minimum absolute atomic E-state index is 0.229. The molecule has 25 heavy (non-hydrogen) atoms. The third kappa shape index (κ3) is 3.24. The molecule has 0 bridgehead atoms. The van der Waals surface area contributed by atoms with Gasteiger partial charge in [-0.2, -0.15) is 5.10 Å². The lowest BCUT2D eigenvalue weighted by Gasteiger charge is -2.20. The van der Waals surface area contributed by atoms with E-state index >= 15 is 0 Å². The Bertz CT molecular complexity index is 862. The lowest BCUT2D eigenvalue weighted by Crippen LogP contribution is -2.37. The number of aliphatic hydroxyl groups is 1. The average Bonchev–Trinajstić information content (AvgIpc) is 3.24. The fraction of sp³-hybridized carbons (Fsp3) is 0.375. The molecule has 0 aromatic carbocycles. The maximum atomic E-state index is 12.4. The molecule has 0 radical (unpaired) electrons. The summed E-state index contributed by atoms with van der Waals surface area (Å²) in [5.41, 5.74) is 2.05. The third-order valence-electron chi connectivity index (χ3n) is 4.28. The first kappa shape index (κ1) is 15.7. The molecule has 3 aromatic heterocycles. The molecule has 0 unspecified atom stereocenters. The highest BCUT2D eigenvalue weighted by molar-refractivity contribution is 5.92. The molecule has 1 aliphatic heterocycles. The Balaban J connectivity index is 1.47. The SMILES string of the molecule is O=C(c1ccon1)N1CCN(Cc2cnn3cccnc23)C[C@H](O)C1. The number of aromatic nitrogens is 4. The van der Waals surface area contributed by atoms with Crippen LogP contribution in [0.4, 0.5) is 0 Å². The van der Waals surface area contributed by atoms with Gasteiger partial charge in [0.15, 0.2) is 11.3 Å². The van der Waals surface area contributed by atoms with Crippen molar-refractivity contribution < 1.29 is 14.4 Å². The quantitative estimate of drug-likeness (QED) is 0.717. The number of fused-ring (bicyclic) bond motifs is 1. The van der Waals surface area contributed by atoms with Crippen LogP contribution in [-0.4, -0.2) is 72.9 Å². The summed E-state index contributed by atoms with van der Waals surface area (Å²) in [7, 11) is 0. The van der Waals surface area contributed by atoms with Crippen LogP contribution >= 0.6 is 0 Å². The topological polar surface area (TPSA) is 100 Å². The Labute approximate surface area is 143 Å². The molecule has 1 atom stereocenters. The number of carbonyl (C=O) groups excluding carboxylic acids is 1. The number of hydrogen-bond acceptors (Lipinski definition) is 7. The maximum Gasteiger partial charge on any atom is 0.276 e. The zero-order valence-corrected chi connectivity index (χ0v) is 13.5. The molecule has 4 heterocycles. The lowest BCUT2D eigenvalue weighted by atomic mass is 10.2. The second-order valence-electron chi connectivity index (χ2n) is 6.08. The van der Waals surface area contributed by atoms with E-state index < -0.39 is 6.10 Å². The minimum atomic E-state index is -0.631. The van der Waals surface area contributed by atoms with Crippen LogP contribution in [0.15, 0.2) is 41.5 Å². The summed E-state index contributed by atoms with van der Waals surface area (Å²) in [5.74, 6) is -0.229. The summed E-state index contributed by atoms with van der Waals surface area (Å²) in [4.78, 5) is 20.5. The third-order valence-corrected chi connectivity index (χ3v) is 4.28. The van der Waals surface area contributed by atoms with Gasteiger partial charge in [0.05, 0.1) is 12.3 Å². The standard InChI is InChI=1S/C16H18N6O3/c23-13-10-20(9-12-8-18-22-4-1-3-17-15(12)22)5-6-21(11-13)16(24)14-2-7-25-19-14/h1-4,7-8,13,23H,5-6,9-11H2/t13-/m0/s1. The molecule has 0 saturated carbocycles. The number of carbonyl (C=O) groups is 1. The molecule has 0 aliphatic carbocycles. The van der Waals surface area contributed by atoms with Gasteiger partial charge in [-0.25, -0.2) is 9.50 Å². The number of β-amino-alcohol motifs (C(OH)–C–C–N with tert-alkyl or cyclic N) is 1. The van der Waals surface area contributed by atoms with Gasteiger partial charge in [-0.05, 0) is 6.07 Å². The van der Waals surface area contributed by atoms with Gasteiger partial charge in [0, 0.05) is 56.7 Å². The largest absolute Gasteiger partial charge is 0.390 e. The smallest absolute Gasteiger partial charge is 0.276 e. The highest BCUT2D eigenvalue weighted by Gasteiger charge is 2.26. The Hall–Kier alpha value is -2.78. The van der Waals surface area contributed by atoms with Gasteiger partial charge in [0.1, 0.15) is 6.26 Å². The molecule has 9 nitrogen and oxygen atoms in total. The number of nitrogens with zero attached hydrogens (tertiary/aromatic N) is 6. The van der Waals surface area contributed by atoms with Crippen molar-refractivity contribution in [2.24, 2.45) is 0 Å². The Morgan fingerprint density at radius 2 is 2.28 bits per heavy atom. The van der Waals surface area contributed by atoms with E-state index in [1.165, 1.54) is 12.3 Å². The van der Waals surface area contributed by atoms with Crippen molar-refractivity contribution in [3.8, 4) is 0 Å². The predicted molar refractivity (Wildman–Crippen MR) is 86.7 cm³/mol. The summed E-state index contributed by atoms with van der Waals surface area (Å²) in [6, 6.07) is 3.36. The van der Waals surface area contributed by atoms with E-state index in [0.29, 0.717) is 26.2 Å². The fourth-order valence-electron chi connectivity index (χ4n) is 3.10. The van der Waals surface area contributed by atoms with Crippen LogP contribution < -0.4 is 0 Å². The normalized spacial score (nSPS) is 19.2. The highest BCUT2D eigenvalue weighted by atomic mass is 16.5. The van der Waals surface area contributed by atoms with Crippen LogP contribution in [0, 0.1) is 0 Å². The highest BCUT2D eigenvalue weighted by Crippen LogP contribution is 2.14. The lowest BCUT2D eigenvalue weighted by molar-refractivity contribution is 0.0653. The molecular formula is C16H18N6O3. The molecule has 1 saturated heterocycles. The van der Waals surface area contributed by atoms with Gasteiger partial charge >= 0.3 is 0 Å². The Kier molecular flexibility index (Phi) is 4.16. The van der Waals surface area contributed by atoms with E-state index in [1.807, 2.05) is 12.3 Å². The number of hydrogen-bond donors (Lipinski definition) is 1. The van der Waals surface area contributed by atoms with E-state index in [2.05, 4.69) is 20.1 Å². The Morgan fingerprint density at radius 1 is 1.36 bits per heavy atom. The summed E-state index contributed by atoms with van der Waals surface area (Å²) >= 11 is 0. The molecule has 0 spiro atoms. The first-order valence-electron chi connectivity index (χ1n) is 8.08. The van der Waals surface area contributed by atoms with Crippen molar-refractivity contribution in [3.63, 3.8) is 0 Å². The maximum absolute atomic E-state index is 12.4. The van der Waals surface area contributed by atoms with E-state index in [4.69, 9.17) is 4.52 Å². The van der Waals surface area contributed by atoms with Crippen LogP contribution in [0.1, 0.15) is 16.1 Å². The molecule has 1 amide bonds. The monoisotopic (exact) mass is 342 g/mol. The van der Waals surface area contributed by atoms with E-state index in [0.717, 1.165) is 11.2 Å². The van der Waals surface area contributed by atoms with Crippen molar-refractivity contribution >= 4 is 11.6 Å². The molecule has 1 aliphatic rings. The van der Waals surface area contributed by atoms with Crippen LogP contribution in [0.3, 0.4) is 0 Å². The van der Waals surface area contributed by atoms with Crippen molar-refractivity contribution in [1.82, 2.24) is 29.6 Å². The summed E-state index contributed by atoms with van der Waals surface area (Å²) in [6.07, 6.45) is 6.11. The second kappa shape index (κ2) is 6.61. The molecule has 3 aromatic rings. The first-order valence-corrected chi connectivity index (χ1v) is 8.08. The zero-order chi connectivity index (χ0) is 17.2. The fourth-order valence-corrected chi connectivity index (χ4v) is 3.10. The average molecular weight is 342 g/mol. The van der Waals surface area contributed by atoms with Crippen molar-refractivity contribution in [1.29, 1.82) is 0 Å². The van der Waals surface area contributed by atoms with Gasteiger partial charge in [-0.3, -0.25) is 9.69 Å². The molecule has 1 fully saturated rings. The van der Waals surface area contributed by atoms with E-state index in [9.17, 15) is 9.90 Å². The van der Waals surface area contributed by atoms with Crippen molar-refractivity contribution in [3.05, 3.63) is 48.2 Å². The summed E-state index contributed by atoms with van der Waals surface area (Å²) in [6.45, 7) is 2.52. The first-order chi connectivity index (χ1) is 12.2. The second-order valence-corrected chi connectivity index (χ2v) is 6.08. The molecule has 130 valence electrons. The van der Waals surface area contributed by atoms with Gasteiger partial charge in [0.2, 0.25) is 0 Å². The summed E-state index contributed by atoms with van der Waals surface area (Å²) < 4.78 is 6.46. The summed E-state index contributed by atoms with van der Waals surface area (Å²) in [5, 5.41) is 18.3. The van der Waals surface area contributed by atoms with E-state index in [1.54, 1.807) is 21.8 Å². The Morgan fingerprint density at radius 3 is 3.12 bits per heavy atom. The van der Waals surface area contributed by atoms with Crippen LogP contribution in [0.25, 0.3) is 5.65 Å². The number of rotatable bonds is 3.